The fourth-order valence-electron chi connectivity index (χ4n) is 3.78. The Labute approximate surface area is 243 Å². The molecule has 2 N–H and O–H groups in total. The molecule has 0 spiro atoms. The summed E-state index contributed by atoms with van der Waals surface area (Å²) in [6.45, 7) is 4.17. The van der Waals surface area contributed by atoms with Gasteiger partial charge in [-0.15, -0.1) is 0 Å². The van der Waals surface area contributed by atoms with E-state index in [4.69, 9.17) is 25.8 Å². The molecule has 4 rings (SSSR count). The van der Waals surface area contributed by atoms with Gasteiger partial charge in [-0.05, 0) is 96.8 Å². The van der Waals surface area contributed by atoms with Gasteiger partial charge in [0.15, 0.2) is 18.1 Å². The van der Waals surface area contributed by atoms with Gasteiger partial charge in [0.2, 0.25) is 0 Å². The predicted molar refractivity (Wildman–Crippen MR) is 160 cm³/mol. The third-order valence-electron chi connectivity index (χ3n) is 6.22. The Bertz CT molecular complexity index is 1540. The number of nitrogens with zero attached hydrogens (tertiary/aromatic N) is 1. The maximum atomic E-state index is 12.5. The third kappa shape index (κ3) is 8.33. The van der Waals surface area contributed by atoms with Crippen LogP contribution in [0.25, 0.3) is 0 Å². The molecule has 9 heteroatoms. The Morgan fingerprint density at radius 1 is 0.878 bits per heavy atom. The van der Waals surface area contributed by atoms with Crippen LogP contribution in [-0.4, -0.2) is 31.7 Å². The van der Waals surface area contributed by atoms with Crippen molar-refractivity contribution in [3.63, 3.8) is 0 Å². The fraction of sp³-hybridized carbons (Fsp3) is 0.156. The number of halogens is 1. The van der Waals surface area contributed by atoms with Crippen LogP contribution in [0.5, 0.6) is 17.2 Å². The molecule has 4 aromatic carbocycles. The zero-order valence-corrected chi connectivity index (χ0v) is 23.7. The summed E-state index contributed by atoms with van der Waals surface area (Å²) >= 11 is 5.93. The SMILES string of the molecule is COc1cc(/C=N\NC(=O)c2ccc(NC(=O)COc3cccc(C)c3C)cc2)ccc1OCc1ccc(Cl)cc1. The number of carbonyl (C=O) groups is 2. The van der Waals surface area contributed by atoms with Crippen LogP contribution in [0.3, 0.4) is 0 Å². The van der Waals surface area contributed by atoms with E-state index in [-0.39, 0.29) is 12.5 Å². The topological polar surface area (TPSA) is 98.2 Å². The minimum Gasteiger partial charge on any atom is -0.493 e. The molecule has 4 aromatic rings. The minimum absolute atomic E-state index is 0.124. The number of ether oxygens (including phenoxy) is 3. The number of aryl methyl sites for hydroxylation is 1. The van der Waals surface area contributed by atoms with E-state index in [2.05, 4.69) is 15.8 Å². The average Bonchev–Trinajstić information content (AvgIpc) is 2.98. The highest BCUT2D eigenvalue weighted by Crippen LogP contribution is 2.28. The van der Waals surface area contributed by atoms with Crippen LogP contribution < -0.4 is 25.0 Å². The van der Waals surface area contributed by atoms with E-state index in [0.717, 1.165) is 16.7 Å². The van der Waals surface area contributed by atoms with Crippen LogP contribution in [0.4, 0.5) is 5.69 Å². The second-order valence-electron chi connectivity index (χ2n) is 9.14. The number of amides is 2. The van der Waals surface area contributed by atoms with Crippen LogP contribution in [0.15, 0.2) is 90.0 Å². The van der Waals surface area contributed by atoms with Crippen molar-refractivity contribution < 1.29 is 23.8 Å². The second kappa shape index (κ2) is 14.0. The first-order valence-electron chi connectivity index (χ1n) is 12.8. The Morgan fingerprint density at radius 3 is 2.37 bits per heavy atom. The molecular weight excluding hydrogens is 542 g/mol. The molecule has 0 fully saturated rings. The molecule has 0 aliphatic heterocycles. The lowest BCUT2D eigenvalue weighted by Crippen LogP contribution is -2.21. The molecule has 0 aliphatic carbocycles. The van der Waals surface area contributed by atoms with Crippen molar-refractivity contribution in [3.8, 4) is 17.2 Å². The highest BCUT2D eigenvalue weighted by molar-refractivity contribution is 6.30. The lowest BCUT2D eigenvalue weighted by Gasteiger charge is -2.11. The van der Waals surface area contributed by atoms with E-state index in [1.165, 1.54) is 6.21 Å². The maximum absolute atomic E-state index is 12.5. The van der Waals surface area contributed by atoms with Crippen molar-refractivity contribution in [2.24, 2.45) is 5.10 Å². The summed E-state index contributed by atoms with van der Waals surface area (Å²) in [7, 11) is 1.55. The second-order valence-corrected chi connectivity index (χ2v) is 9.57. The van der Waals surface area contributed by atoms with E-state index in [1.54, 1.807) is 49.6 Å². The number of rotatable bonds is 11. The molecule has 0 atom stereocenters. The van der Waals surface area contributed by atoms with Crippen molar-refractivity contribution >= 4 is 35.3 Å². The van der Waals surface area contributed by atoms with E-state index in [9.17, 15) is 9.59 Å². The Balaban J connectivity index is 1.26. The van der Waals surface area contributed by atoms with Crippen LogP contribution in [0, 0.1) is 13.8 Å². The lowest BCUT2D eigenvalue weighted by molar-refractivity contribution is -0.118. The summed E-state index contributed by atoms with van der Waals surface area (Å²) in [6, 6.07) is 24.9. The summed E-state index contributed by atoms with van der Waals surface area (Å²) < 4.78 is 17.0. The number of hydrogen-bond acceptors (Lipinski definition) is 6. The van der Waals surface area contributed by atoms with Gasteiger partial charge >= 0.3 is 0 Å². The molecule has 0 heterocycles. The number of benzene rings is 4. The summed E-state index contributed by atoms with van der Waals surface area (Å²) in [4.78, 5) is 24.8. The van der Waals surface area contributed by atoms with Crippen molar-refractivity contribution in [1.29, 1.82) is 0 Å². The van der Waals surface area contributed by atoms with E-state index in [1.807, 2.05) is 56.3 Å². The molecular formula is C32H30ClN3O5. The van der Waals surface area contributed by atoms with Gasteiger partial charge in [0, 0.05) is 16.3 Å². The molecule has 8 nitrogen and oxygen atoms in total. The van der Waals surface area contributed by atoms with Crippen molar-refractivity contribution in [1.82, 2.24) is 5.43 Å². The molecule has 0 unspecified atom stereocenters. The molecule has 2 amide bonds. The Morgan fingerprint density at radius 2 is 1.63 bits per heavy atom. The highest BCUT2D eigenvalue weighted by atomic mass is 35.5. The first-order chi connectivity index (χ1) is 19.8. The quantitative estimate of drug-likeness (QED) is 0.162. The predicted octanol–water partition coefficient (Wildman–Crippen LogP) is 6.33. The van der Waals surface area contributed by atoms with Gasteiger partial charge in [-0.3, -0.25) is 9.59 Å². The number of methoxy groups -OCH3 is 1. The number of anilines is 1. The van der Waals surface area contributed by atoms with Crippen LogP contribution in [-0.2, 0) is 11.4 Å². The van der Waals surface area contributed by atoms with E-state index in [0.29, 0.717) is 45.7 Å². The zero-order valence-electron chi connectivity index (χ0n) is 22.9. The van der Waals surface area contributed by atoms with Gasteiger partial charge in [0.25, 0.3) is 11.8 Å². The first-order valence-corrected chi connectivity index (χ1v) is 13.2. The molecule has 41 heavy (non-hydrogen) atoms. The van der Waals surface area contributed by atoms with Crippen molar-refractivity contribution in [3.05, 3.63) is 118 Å². The molecule has 0 bridgehead atoms. The van der Waals surface area contributed by atoms with Crippen LogP contribution in [0.1, 0.15) is 32.6 Å². The van der Waals surface area contributed by atoms with Crippen molar-refractivity contribution in [2.75, 3.05) is 19.0 Å². The van der Waals surface area contributed by atoms with E-state index < -0.39 is 5.91 Å². The van der Waals surface area contributed by atoms with Crippen LogP contribution in [0.2, 0.25) is 5.02 Å². The normalized spacial score (nSPS) is 10.7. The van der Waals surface area contributed by atoms with Gasteiger partial charge in [-0.2, -0.15) is 5.10 Å². The van der Waals surface area contributed by atoms with Crippen LogP contribution >= 0.6 is 11.6 Å². The van der Waals surface area contributed by atoms with E-state index >= 15 is 0 Å². The van der Waals surface area contributed by atoms with Gasteiger partial charge in [0.05, 0.1) is 13.3 Å². The zero-order chi connectivity index (χ0) is 29.2. The molecule has 210 valence electrons. The summed E-state index contributed by atoms with van der Waals surface area (Å²) in [6.07, 6.45) is 1.51. The van der Waals surface area contributed by atoms with Gasteiger partial charge in [0.1, 0.15) is 12.4 Å². The largest absolute Gasteiger partial charge is 0.493 e. The highest BCUT2D eigenvalue weighted by Gasteiger charge is 2.09. The molecule has 0 aliphatic rings. The van der Waals surface area contributed by atoms with Gasteiger partial charge < -0.3 is 19.5 Å². The first kappa shape index (κ1) is 29.2. The number of carbonyl (C=O) groups excluding carboxylic acids is 2. The molecule has 0 radical (unpaired) electrons. The number of hydrazone groups is 1. The monoisotopic (exact) mass is 571 g/mol. The number of nitrogens with one attached hydrogen (secondary N) is 2. The number of hydrogen-bond donors (Lipinski definition) is 2. The molecule has 0 saturated heterocycles. The molecule has 0 saturated carbocycles. The summed E-state index contributed by atoms with van der Waals surface area (Å²) in [5, 5.41) is 7.47. The smallest absolute Gasteiger partial charge is 0.271 e. The summed E-state index contributed by atoms with van der Waals surface area (Å²) in [5.74, 6) is 1.08. The van der Waals surface area contributed by atoms with Gasteiger partial charge in [-0.1, -0.05) is 35.9 Å². The van der Waals surface area contributed by atoms with Crippen molar-refractivity contribution in [2.45, 2.75) is 20.5 Å². The standard InChI is InChI=1S/C32H30ClN3O5/c1-21-5-4-6-28(22(21)2)41-20-31(37)35-27-14-10-25(11-15-27)32(38)36-34-18-24-9-16-29(30(17-24)39-3)40-19-23-7-12-26(33)13-8-23/h4-18H,19-20H2,1-3H3,(H,35,37)(H,36,38)/b34-18-. The maximum Gasteiger partial charge on any atom is 0.271 e. The molecule has 0 aromatic heterocycles. The fourth-order valence-corrected chi connectivity index (χ4v) is 3.91. The Hall–Kier alpha value is -4.82. The average molecular weight is 572 g/mol. The lowest BCUT2D eigenvalue weighted by atomic mass is 10.1. The van der Waals surface area contributed by atoms with Gasteiger partial charge in [-0.25, -0.2) is 5.43 Å². The Kier molecular flexibility index (Phi) is 9.96. The third-order valence-corrected chi connectivity index (χ3v) is 6.47. The minimum atomic E-state index is -0.396. The summed E-state index contributed by atoms with van der Waals surface area (Å²) in [5.41, 5.74) is 7.20.